The first-order chi connectivity index (χ1) is 8.20. The third-order valence-corrected chi connectivity index (χ3v) is 4.03. The van der Waals surface area contributed by atoms with E-state index in [4.69, 9.17) is 4.74 Å². The van der Waals surface area contributed by atoms with Gasteiger partial charge in [-0.05, 0) is 47.7 Å². The minimum atomic E-state index is 0.0470. The van der Waals surface area contributed by atoms with Crippen LogP contribution >= 0.6 is 33.9 Å². The lowest BCUT2D eigenvalue weighted by Crippen LogP contribution is -2.00. The van der Waals surface area contributed by atoms with E-state index < -0.39 is 0 Å². The molecule has 0 N–H and O–H groups in total. The number of thiophene rings is 1. The lowest BCUT2D eigenvalue weighted by Gasteiger charge is -2.04. The Hall–Kier alpha value is -0.880. The summed E-state index contributed by atoms with van der Waals surface area (Å²) in [5.41, 5.74) is 1.41. The number of halogens is 1. The highest BCUT2D eigenvalue weighted by molar-refractivity contribution is 14.1. The van der Waals surface area contributed by atoms with Gasteiger partial charge in [-0.25, -0.2) is 0 Å². The third-order valence-electron chi connectivity index (χ3n) is 2.24. The van der Waals surface area contributed by atoms with Crippen LogP contribution in [0.3, 0.4) is 0 Å². The summed E-state index contributed by atoms with van der Waals surface area (Å²) in [6.07, 6.45) is 0. The second kappa shape index (κ2) is 5.64. The van der Waals surface area contributed by atoms with Crippen molar-refractivity contribution in [3.8, 4) is 5.75 Å². The van der Waals surface area contributed by atoms with Crippen LogP contribution in [0.5, 0.6) is 5.75 Å². The summed E-state index contributed by atoms with van der Waals surface area (Å²) in [6.45, 7) is 2.53. The molecule has 0 atom stereocenters. The van der Waals surface area contributed by atoms with E-state index in [2.05, 4.69) is 22.6 Å². The van der Waals surface area contributed by atoms with Crippen molar-refractivity contribution in [3.63, 3.8) is 0 Å². The zero-order chi connectivity index (χ0) is 12.3. The molecule has 1 aromatic carbocycles. The van der Waals surface area contributed by atoms with Gasteiger partial charge in [0.25, 0.3) is 0 Å². The maximum Gasteiger partial charge on any atom is 0.194 e. The van der Waals surface area contributed by atoms with Crippen molar-refractivity contribution >= 4 is 39.7 Å². The molecule has 1 aromatic heterocycles. The Morgan fingerprint density at radius 3 is 2.82 bits per heavy atom. The molecule has 0 spiro atoms. The minimum absolute atomic E-state index is 0.0470. The van der Waals surface area contributed by atoms with E-state index in [-0.39, 0.29) is 5.78 Å². The molecule has 0 aliphatic carbocycles. The first-order valence-electron chi connectivity index (χ1n) is 5.22. The van der Waals surface area contributed by atoms with Crippen LogP contribution in [0.1, 0.15) is 22.8 Å². The maximum absolute atomic E-state index is 12.2. The Bertz CT molecular complexity index is 534. The van der Waals surface area contributed by atoms with Crippen LogP contribution in [-0.4, -0.2) is 12.4 Å². The molecule has 17 heavy (non-hydrogen) atoms. The lowest BCUT2D eigenvalue weighted by atomic mass is 10.1. The molecular weight excluding hydrogens is 347 g/mol. The molecule has 0 aliphatic heterocycles. The van der Waals surface area contributed by atoms with Gasteiger partial charge in [0.1, 0.15) is 5.75 Å². The average molecular weight is 358 g/mol. The van der Waals surface area contributed by atoms with Crippen molar-refractivity contribution in [3.05, 3.63) is 49.7 Å². The smallest absolute Gasteiger partial charge is 0.194 e. The molecule has 1 heterocycles. The van der Waals surface area contributed by atoms with Crippen molar-refractivity contribution in [1.29, 1.82) is 0 Å². The predicted octanol–water partition coefficient (Wildman–Crippen LogP) is 3.98. The fourth-order valence-electron chi connectivity index (χ4n) is 1.49. The van der Waals surface area contributed by atoms with Crippen molar-refractivity contribution in [1.82, 2.24) is 0 Å². The number of carbonyl (C=O) groups excluding carboxylic acids is 1. The first-order valence-corrected chi connectivity index (χ1v) is 7.18. The van der Waals surface area contributed by atoms with E-state index in [1.165, 1.54) is 0 Å². The quantitative estimate of drug-likeness (QED) is 0.611. The van der Waals surface area contributed by atoms with E-state index in [1.54, 1.807) is 17.4 Å². The number of carbonyl (C=O) groups is 1. The molecule has 0 fully saturated rings. The monoisotopic (exact) mass is 358 g/mol. The average Bonchev–Trinajstić information content (AvgIpc) is 2.76. The summed E-state index contributed by atoms with van der Waals surface area (Å²) >= 11 is 3.79. The van der Waals surface area contributed by atoms with Gasteiger partial charge < -0.3 is 4.74 Å². The standard InChI is InChI=1S/C13H11IO2S/c1-2-16-11-5-3-4-9(6-11)13(15)10-7-12(14)17-8-10/h3-8H,2H2,1H3. The number of benzene rings is 1. The maximum atomic E-state index is 12.2. The highest BCUT2D eigenvalue weighted by Gasteiger charge is 2.11. The van der Waals surface area contributed by atoms with Gasteiger partial charge in [0.05, 0.1) is 9.49 Å². The van der Waals surface area contributed by atoms with Gasteiger partial charge in [-0.2, -0.15) is 0 Å². The van der Waals surface area contributed by atoms with E-state index in [0.29, 0.717) is 12.2 Å². The Morgan fingerprint density at radius 2 is 2.18 bits per heavy atom. The number of ether oxygens (including phenoxy) is 1. The highest BCUT2D eigenvalue weighted by atomic mass is 127. The zero-order valence-electron chi connectivity index (χ0n) is 9.27. The van der Waals surface area contributed by atoms with E-state index >= 15 is 0 Å². The first kappa shape index (κ1) is 12.6. The van der Waals surface area contributed by atoms with Gasteiger partial charge in [-0.3, -0.25) is 4.79 Å². The van der Waals surface area contributed by atoms with Crippen LogP contribution in [0.25, 0.3) is 0 Å². The molecule has 2 rings (SSSR count). The normalized spacial score (nSPS) is 10.2. The molecular formula is C13H11IO2S. The van der Waals surface area contributed by atoms with Crippen molar-refractivity contribution in [2.45, 2.75) is 6.92 Å². The molecule has 0 bridgehead atoms. The third kappa shape index (κ3) is 3.07. The summed E-state index contributed by atoms with van der Waals surface area (Å²) in [6, 6.07) is 9.21. The molecule has 0 saturated carbocycles. The lowest BCUT2D eigenvalue weighted by molar-refractivity contribution is 0.103. The van der Waals surface area contributed by atoms with Crippen molar-refractivity contribution in [2.24, 2.45) is 0 Å². The van der Waals surface area contributed by atoms with Crippen LogP contribution in [0.4, 0.5) is 0 Å². The molecule has 0 saturated heterocycles. The SMILES string of the molecule is CCOc1cccc(C(=O)c2csc(I)c2)c1. The number of rotatable bonds is 4. The largest absolute Gasteiger partial charge is 0.494 e. The molecule has 4 heteroatoms. The Morgan fingerprint density at radius 1 is 1.35 bits per heavy atom. The molecule has 0 amide bonds. The topological polar surface area (TPSA) is 26.3 Å². The van der Waals surface area contributed by atoms with Crippen LogP contribution < -0.4 is 4.74 Å². The minimum Gasteiger partial charge on any atom is -0.494 e. The van der Waals surface area contributed by atoms with E-state index in [1.807, 2.05) is 36.6 Å². The highest BCUT2D eigenvalue weighted by Crippen LogP contribution is 2.21. The summed E-state index contributed by atoms with van der Waals surface area (Å²) in [5, 5.41) is 1.89. The van der Waals surface area contributed by atoms with E-state index in [0.717, 1.165) is 14.2 Å². The van der Waals surface area contributed by atoms with Crippen molar-refractivity contribution in [2.75, 3.05) is 6.61 Å². The van der Waals surface area contributed by atoms with Crippen LogP contribution in [0.2, 0.25) is 0 Å². The molecule has 0 aliphatic rings. The molecule has 2 aromatic rings. The van der Waals surface area contributed by atoms with Crippen LogP contribution in [0, 0.1) is 2.88 Å². The summed E-state index contributed by atoms with van der Waals surface area (Å²) < 4.78 is 6.50. The van der Waals surface area contributed by atoms with Gasteiger partial charge in [0.2, 0.25) is 0 Å². The summed E-state index contributed by atoms with van der Waals surface area (Å²) in [4.78, 5) is 12.2. The van der Waals surface area contributed by atoms with Gasteiger partial charge in [-0.1, -0.05) is 12.1 Å². The Labute approximate surface area is 118 Å². The summed E-state index contributed by atoms with van der Waals surface area (Å²) in [5.74, 6) is 0.786. The fourth-order valence-corrected chi connectivity index (χ4v) is 2.82. The van der Waals surface area contributed by atoms with Crippen LogP contribution in [0.15, 0.2) is 35.7 Å². The van der Waals surface area contributed by atoms with Gasteiger partial charge in [0.15, 0.2) is 5.78 Å². The molecule has 0 radical (unpaired) electrons. The van der Waals surface area contributed by atoms with E-state index in [9.17, 15) is 4.79 Å². The number of hydrogen-bond donors (Lipinski definition) is 0. The zero-order valence-corrected chi connectivity index (χ0v) is 12.2. The predicted molar refractivity (Wildman–Crippen MR) is 78.1 cm³/mol. The van der Waals surface area contributed by atoms with Gasteiger partial charge in [0, 0.05) is 16.5 Å². The fraction of sp³-hybridized carbons (Fsp3) is 0.154. The molecule has 88 valence electrons. The van der Waals surface area contributed by atoms with Crippen LogP contribution in [-0.2, 0) is 0 Å². The number of hydrogen-bond acceptors (Lipinski definition) is 3. The Kier molecular flexibility index (Phi) is 4.17. The van der Waals surface area contributed by atoms with Crippen molar-refractivity contribution < 1.29 is 9.53 Å². The second-order valence-corrected chi connectivity index (χ2v) is 6.23. The molecule has 2 nitrogen and oxygen atoms in total. The van der Waals surface area contributed by atoms with Gasteiger partial charge >= 0.3 is 0 Å². The number of ketones is 1. The Balaban J connectivity index is 2.27. The second-order valence-electron chi connectivity index (χ2n) is 3.43. The van der Waals surface area contributed by atoms with Gasteiger partial charge in [-0.15, -0.1) is 11.3 Å². The summed E-state index contributed by atoms with van der Waals surface area (Å²) in [7, 11) is 0. The molecule has 0 unspecified atom stereocenters.